The Balaban J connectivity index is 1.68. The minimum Gasteiger partial charge on any atom is -0.497 e. The maximum absolute atomic E-state index is 11.4. The van der Waals surface area contributed by atoms with Crippen LogP contribution in [0, 0.1) is 0 Å². The molecule has 0 saturated carbocycles. The van der Waals surface area contributed by atoms with Crippen molar-refractivity contribution in [2.24, 2.45) is 0 Å². The lowest BCUT2D eigenvalue weighted by Gasteiger charge is -2.23. The van der Waals surface area contributed by atoms with Crippen molar-refractivity contribution in [1.82, 2.24) is 9.97 Å². The van der Waals surface area contributed by atoms with Gasteiger partial charge < -0.3 is 19.3 Å². The second kappa shape index (κ2) is 12.0. The first-order chi connectivity index (χ1) is 16.0. The van der Waals surface area contributed by atoms with Crippen LogP contribution >= 0.6 is 0 Å². The van der Waals surface area contributed by atoms with Crippen LogP contribution < -0.4 is 14.5 Å². The number of esters is 1. The van der Waals surface area contributed by atoms with Gasteiger partial charge >= 0.3 is 5.97 Å². The number of carbonyl (C=O) groups is 1. The number of rotatable bonds is 12. The standard InChI is InChI=1S/C26H34N4O3/c1-5-33-24(31)14-8-6-7-11-19-29(2)26-27-23-13-10-9-12-22(23)25(28-26)30(3)20-15-17-21(32-4)18-16-20/h9-10,12-13,15-18H,5-8,11,14,19H2,1-4H3. The largest absolute Gasteiger partial charge is 0.497 e. The quantitative estimate of drug-likeness (QED) is 0.272. The maximum Gasteiger partial charge on any atom is 0.305 e. The third-order valence-corrected chi connectivity index (χ3v) is 5.62. The highest BCUT2D eigenvalue weighted by Crippen LogP contribution is 2.31. The molecule has 0 bridgehead atoms. The third-order valence-electron chi connectivity index (χ3n) is 5.62. The Morgan fingerprint density at radius 1 is 0.939 bits per heavy atom. The molecule has 0 fully saturated rings. The van der Waals surface area contributed by atoms with Gasteiger partial charge in [-0.25, -0.2) is 4.98 Å². The van der Waals surface area contributed by atoms with E-state index in [4.69, 9.17) is 19.4 Å². The van der Waals surface area contributed by atoms with E-state index in [1.165, 1.54) is 0 Å². The van der Waals surface area contributed by atoms with Crippen molar-refractivity contribution < 1.29 is 14.3 Å². The van der Waals surface area contributed by atoms with E-state index in [9.17, 15) is 4.79 Å². The zero-order valence-electron chi connectivity index (χ0n) is 20.1. The summed E-state index contributed by atoms with van der Waals surface area (Å²) in [5, 5.41) is 1.01. The van der Waals surface area contributed by atoms with Crippen LogP contribution in [-0.4, -0.2) is 50.3 Å². The molecule has 0 unspecified atom stereocenters. The van der Waals surface area contributed by atoms with Gasteiger partial charge in [0.2, 0.25) is 5.95 Å². The molecule has 0 amide bonds. The number of para-hydroxylation sites is 1. The zero-order chi connectivity index (χ0) is 23.6. The minimum absolute atomic E-state index is 0.104. The van der Waals surface area contributed by atoms with Crippen molar-refractivity contribution in [3.63, 3.8) is 0 Å². The number of aromatic nitrogens is 2. The van der Waals surface area contributed by atoms with Gasteiger partial charge in [-0.05, 0) is 56.2 Å². The van der Waals surface area contributed by atoms with Gasteiger partial charge in [0.25, 0.3) is 0 Å². The molecule has 0 N–H and O–H groups in total. The Hall–Kier alpha value is -3.35. The van der Waals surface area contributed by atoms with Crippen molar-refractivity contribution >= 4 is 34.3 Å². The summed E-state index contributed by atoms with van der Waals surface area (Å²) in [5.74, 6) is 2.28. The fourth-order valence-corrected chi connectivity index (χ4v) is 3.71. The Morgan fingerprint density at radius 3 is 2.39 bits per heavy atom. The number of unbranched alkanes of at least 4 members (excludes halogenated alkanes) is 3. The molecule has 3 rings (SSSR count). The molecule has 0 spiro atoms. The minimum atomic E-state index is -0.104. The van der Waals surface area contributed by atoms with Gasteiger partial charge in [-0.3, -0.25) is 4.79 Å². The summed E-state index contributed by atoms with van der Waals surface area (Å²) in [5.41, 5.74) is 1.94. The van der Waals surface area contributed by atoms with E-state index in [1.807, 2.05) is 63.5 Å². The van der Waals surface area contributed by atoms with Crippen molar-refractivity contribution in [1.29, 1.82) is 0 Å². The van der Waals surface area contributed by atoms with Gasteiger partial charge in [0.05, 0.1) is 19.2 Å². The molecule has 0 aliphatic heterocycles. The number of nitrogens with zero attached hydrogens (tertiary/aromatic N) is 4. The highest BCUT2D eigenvalue weighted by molar-refractivity contribution is 5.92. The van der Waals surface area contributed by atoms with Crippen molar-refractivity contribution in [3.05, 3.63) is 48.5 Å². The van der Waals surface area contributed by atoms with E-state index >= 15 is 0 Å². The molecule has 1 aromatic heterocycles. The SMILES string of the molecule is CCOC(=O)CCCCCCN(C)c1nc(N(C)c2ccc(OC)cc2)c2ccccc2n1. The smallest absolute Gasteiger partial charge is 0.305 e. The monoisotopic (exact) mass is 450 g/mol. The van der Waals surface area contributed by atoms with Crippen LogP contribution in [0.15, 0.2) is 48.5 Å². The molecule has 7 nitrogen and oxygen atoms in total. The number of methoxy groups -OCH3 is 1. The van der Waals surface area contributed by atoms with Crippen LogP contribution in [0.5, 0.6) is 5.75 Å². The van der Waals surface area contributed by atoms with E-state index in [0.29, 0.717) is 19.0 Å². The average molecular weight is 451 g/mol. The molecule has 0 radical (unpaired) electrons. The predicted molar refractivity (Wildman–Crippen MR) is 134 cm³/mol. The summed E-state index contributed by atoms with van der Waals surface area (Å²) in [6.07, 6.45) is 4.44. The van der Waals surface area contributed by atoms with E-state index in [2.05, 4.69) is 15.9 Å². The van der Waals surface area contributed by atoms with Gasteiger partial charge in [0.15, 0.2) is 0 Å². The molecule has 2 aromatic carbocycles. The van der Waals surface area contributed by atoms with Gasteiger partial charge in [-0.15, -0.1) is 0 Å². The fourth-order valence-electron chi connectivity index (χ4n) is 3.71. The molecule has 176 valence electrons. The molecule has 7 heteroatoms. The highest BCUT2D eigenvalue weighted by Gasteiger charge is 2.15. The number of benzene rings is 2. The Morgan fingerprint density at radius 2 is 1.67 bits per heavy atom. The zero-order valence-corrected chi connectivity index (χ0v) is 20.1. The number of anilines is 3. The number of hydrogen-bond donors (Lipinski definition) is 0. The van der Waals surface area contributed by atoms with Gasteiger partial charge in [-0.1, -0.05) is 25.0 Å². The van der Waals surface area contributed by atoms with Crippen LogP contribution in [-0.2, 0) is 9.53 Å². The Kier molecular flexibility index (Phi) is 8.87. The molecule has 0 aliphatic rings. The molecule has 0 saturated heterocycles. The first-order valence-electron chi connectivity index (χ1n) is 11.5. The second-order valence-corrected chi connectivity index (χ2v) is 8.01. The summed E-state index contributed by atoms with van der Waals surface area (Å²) in [6, 6.07) is 16.0. The van der Waals surface area contributed by atoms with Gasteiger partial charge in [0.1, 0.15) is 11.6 Å². The lowest BCUT2D eigenvalue weighted by Crippen LogP contribution is -2.22. The topological polar surface area (TPSA) is 67.8 Å². The molecule has 33 heavy (non-hydrogen) atoms. The fraction of sp³-hybridized carbons (Fsp3) is 0.423. The molecular weight excluding hydrogens is 416 g/mol. The Bertz CT molecular complexity index is 1040. The summed E-state index contributed by atoms with van der Waals surface area (Å²) in [7, 11) is 5.71. The normalized spacial score (nSPS) is 10.8. The maximum atomic E-state index is 11.4. The van der Waals surface area contributed by atoms with Crippen LogP contribution in [0.25, 0.3) is 10.9 Å². The summed E-state index contributed by atoms with van der Waals surface area (Å²) < 4.78 is 10.3. The van der Waals surface area contributed by atoms with Crippen LogP contribution in [0.2, 0.25) is 0 Å². The molecule has 1 heterocycles. The molecule has 0 aliphatic carbocycles. The van der Waals surface area contributed by atoms with Crippen molar-refractivity contribution in [2.45, 2.75) is 39.0 Å². The third kappa shape index (κ3) is 6.57. The van der Waals surface area contributed by atoms with Crippen molar-refractivity contribution in [2.75, 3.05) is 44.2 Å². The number of fused-ring (bicyclic) bond motifs is 1. The van der Waals surface area contributed by atoms with Crippen LogP contribution in [0.4, 0.5) is 17.5 Å². The number of ether oxygens (including phenoxy) is 2. The highest BCUT2D eigenvalue weighted by atomic mass is 16.5. The lowest BCUT2D eigenvalue weighted by atomic mass is 10.1. The van der Waals surface area contributed by atoms with E-state index < -0.39 is 0 Å². The van der Waals surface area contributed by atoms with Crippen LogP contribution in [0.3, 0.4) is 0 Å². The Labute approximate surface area is 196 Å². The summed E-state index contributed by atoms with van der Waals surface area (Å²) in [4.78, 5) is 25.4. The van der Waals surface area contributed by atoms with Gasteiger partial charge in [0, 0.05) is 38.1 Å². The molecule has 3 aromatic rings. The first-order valence-corrected chi connectivity index (χ1v) is 11.5. The molecule has 0 atom stereocenters. The van der Waals surface area contributed by atoms with Gasteiger partial charge in [-0.2, -0.15) is 4.98 Å². The van der Waals surface area contributed by atoms with E-state index in [-0.39, 0.29) is 5.97 Å². The second-order valence-electron chi connectivity index (χ2n) is 8.01. The average Bonchev–Trinajstić information content (AvgIpc) is 2.85. The lowest BCUT2D eigenvalue weighted by molar-refractivity contribution is -0.143. The van der Waals surface area contributed by atoms with Crippen molar-refractivity contribution in [3.8, 4) is 5.75 Å². The number of hydrogen-bond acceptors (Lipinski definition) is 7. The van der Waals surface area contributed by atoms with Crippen LogP contribution in [0.1, 0.15) is 39.0 Å². The summed E-state index contributed by atoms with van der Waals surface area (Å²) in [6.45, 7) is 3.14. The first kappa shape index (κ1) is 24.3. The van der Waals surface area contributed by atoms with E-state index in [1.54, 1.807) is 7.11 Å². The summed E-state index contributed by atoms with van der Waals surface area (Å²) >= 11 is 0. The predicted octanol–water partition coefficient (Wildman–Crippen LogP) is 5.36. The van der Waals surface area contributed by atoms with E-state index in [0.717, 1.165) is 60.4 Å². The molecular formula is C26H34N4O3. The number of carbonyl (C=O) groups excluding carboxylic acids is 1.